The number of nitrogens with one attached hydrogen (secondary N) is 1. The van der Waals surface area contributed by atoms with Crippen molar-refractivity contribution >= 4 is 0 Å². The summed E-state index contributed by atoms with van der Waals surface area (Å²) in [7, 11) is 2.00. The van der Waals surface area contributed by atoms with E-state index in [1.54, 1.807) is 6.33 Å². The molecule has 4 heteroatoms. The fourth-order valence-corrected chi connectivity index (χ4v) is 2.54. The Hall–Kier alpha value is -0.900. The molecule has 4 nitrogen and oxygen atoms in total. The van der Waals surface area contributed by atoms with E-state index in [2.05, 4.69) is 22.4 Å². The SMILES string of the molecule is CC1CCCC(NCCc2nncn2C)C1. The predicted octanol–water partition coefficient (Wildman–Crippen LogP) is 1.53. The van der Waals surface area contributed by atoms with Gasteiger partial charge in [-0.1, -0.05) is 19.8 Å². The first-order chi connectivity index (χ1) is 7.75. The van der Waals surface area contributed by atoms with E-state index < -0.39 is 0 Å². The Bertz CT molecular complexity index is 321. The molecule has 2 rings (SSSR count). The largest absolute Gasteiger partial charge is 0.321 e. The van der Waals surface area contributed by atoms with Crippen molar-refractivity contribution in [2.24, 2.45) is 13.0 Å². The minimum Gasteiger partial charge on any atom is -0.321 e. The van der Waals surface area contributed by atoms with Crippen molar-refractivity contribution in [3.63, 3.8) is 0 Å². The lowest BCUT2D eigenvalue weighted by Gasteiger charge is -2.27. The summed E-state index contributed by atoms with van der Waals surface area (Å²) >= 11 is 0. The van der Waals surface area contributed by atoms with Crippen LogP contribution in [0.5, 0.6) is 0 Å². The van der Waals surface area contributed by atoms with Crippen LogP contribution in [0.4, 0.5) is 0 Å². The fraction of sp³-hybridized carbons (Fsp3) is 0.833. The van der Waals surface area contributed by atoms with Gasteiger partial charge in [-0.15, -0.1) is 10.2 Å². The third kappa shape index (κ3) is 3.04. The van der Waals surface area contributed by atoms with Gasteiger partial charge in [0.1, 0.15) is 12.2 Å². The van der Waals surface area contributed by atoms with Gasteiger partial charge in [-0.25, -0.2) is 0 Å². The maximum atomic E-state index is 4.09. The lowest BCUT2D eigenvalue weighted by Crippen LogP contribution is -2.35. The van der Waals surface area contributed by atoms with Crippen LogP contribution in [-0.4, -0.2) is 27.4 Å². The highest BCUT2D eigenvalue weighted by Crippen LogP contribution is 2.23. The van der Waals surface area contributed by atoms with Crippen molar-refractivity contribution in [2.45, 2.75) is 45.1 Å². The second-order valence-corrected chi connectivity index (χ2v) is 5.03. The zero-order valence-electron chi connectivity index (χ0n) is 10.3. The van der Waals surface area contributed by atoms with Gasteiger partial charge in [-0.3, -0.25) is 0 Å². The monoisotopic (exact) mass is 222 g/mol. The molecule has 16 heavy (non-hydrogen) atoms. The number of nitrogens with zero attached hydrogens (tertiary/aromatic N) is 3. The van der Waals surface area contributed by atoms with Gasteiger partial charge in [0.2, 0.25) is 0 Å². The zero-order valence-corrected chi connectivity index (χ0v) is 10.3. The van der Waals surface area contributed by atoms with Crippen LogP contribution in [-0.2, 0) is 13.5 Å². The molecule has 1 saturated carbocycles. The van der Waals surface area contributed by atoms with Gasteiger partial charge in [0.05, 0.1) is 0 Å². The molecule has 0 aliphatic heterocycles. The molecule has 1 aromatic rings. The lowest BCUT2D eigenvalue weighted by atomic mass is 9.87. The average Bonchev–Trinajstić information content (AvgIpc) is 2.65. The normalized spacial score (nSPS) is 25.9. The molecular formula is C12H22N4. The van der Waals surface area contributed by atoms with E-state index in [0.717, 1.165) is 30.7 Å². The first kappa shape index (κ1) is 11.6. The summed E-state index contributed by atoms with van der Waals surface area (Å²) in [5.74, 6) is 1.96. The van der Waals surface area contributed by atoms with Crippen molar-refractivity contribution < 1.29 is 0 Å². The molecule has 1 fully saturated rings. The molecule has 1 aliphatic rings. The van der Waals surface area contributed by atoms with Crippen LogP contribution in [0, 0.1) is 5.92 Å². The molecular weight excluding hydrogens is 200 g/mol. The average molecular weight is 222 g/mol. The third-order valence-electron chi connectivity index (χ3n) is 3.52. The van der Waals surface area contributed by atoms with Crippen LogP contribution in [0.2, 0.25) is 0 Å². The zero-order chi connectivity index (χ0) is 11.4. The summed E-state index contributed by atoms with van der Waals surface area (Å²) in [6.07, 6.45) is 8.19. The summed E-state index contributed by atoms with van der Waals surface area (Å²) in [4.78, 5) is 0. The van der Waals surface area contributed by atoms with Crippen LogP contribution in [0.15, 0.2) is 6.33 Å². The summed E-state index contributed by atoms with van der Waals surface area (Å²) in [5, 5.41) is 11.6. The molecule has 2 unspecified atom stereocenters. The Morgan fingerprint density at radius 3 is 3.06 bits per heavy atom. The van der Waals surface area contributed by atoms with E-state index in [4.69, 9.17) is 0 Å². The number of hydrogen-bond acceptors (Lipinski definition) is 3. The molecule has 0 amide bonds. The Balaban J connectivity index is 1.70. The first-order valence-electron chi connectivity index (χ1n) is 6.32. The molecule has 0 radical (unpaired) electrons. The number of hydrogen-bond donors (Lipinski definition) is 1. The standard InChI is InChI=1S/C12H22N4/c1-10-4-3-5-11(8-10)13-7-6-12-15-14-9-16(12)2/h9-11,13H,3-8H2,1-2H3. The van der Waals surface area contributed by atoms with Crippen molar-refractivity contribution in [3.8, 4) is 0 Å². The van der Waals surface area contributed by atoms with E-state index in [1.807, 2.05) is 11.6 Å². The van der Waals surface area contributed by atoms with Crippen LogP contribution >= 0.6 is 0 Å². The van der Waals surface area contributed by atoms with Gasteiger partial charge in [0.15, 0.2) is 0 Å². The van der Waals surface area contributed by atoms with E-state index in [1.165, 1.54) is 25.7 Å². The lowest BCUT2D eigenvalue weighted by molar-refractivity contribution is 0.302. The number of aryl methyl sites for hydroxylation is 1. The van der Waals surface area contributed by atoms with Crippen molar-refractivity contribution in [1.82, 2.24) is 20.1 Å². The molecule has 0 saturated heterocycles. The van der Waals surface area contributed by atoms with Gasteiger partial charge in [0.25, 0.3) is 0 Å². The van der Waals surface area contributed by atoms with Crippen molar-refractivity contribution in [2.75, 3.05) is 6.54 Å². The number of rotatable bonds is 4. The van der Waals surface area contributed by atoms with Gasteiger partial charge in [-0.2, -0.15) is 0 Å². The second-order valence-electron chi connectivity index (χ2n) is 5.03. The van der Waals surface area contributed by atoms with Gasteiger partial charge in [0, 0.05) is 26.1 Å². The van der Waals surface area contributed by atoms with Crippen LogP contribution in [0.25, 0.3) is 0 Å². The maximum absolute atomic E-state index is 4.09. The topological polar surface area (TPSA) is 42.7 Å². The van der Waals surface area contributed by atoms with Crippen molar-refractivity contribution in [3.05, 3.63) is 12.2 Å². The molecule has 0 bridgehead atoms. The highest BCUT2D eigenvalue weighted by Gasteiger charge is 2.17. The first-order valence-corrected chi connectivity index (χ1v) is 6.32. The Morgan fingerprint density at radius 2 is 2.38 bits per heavy atom. The molecule has 0 aromatic carbocycles. The highest BCUT2D eigenvalue weighted by atomic mass is 15.2. The highest BCUT2D eigenvalue weighted by molar-refractivity contribution is 4.86. The smallest absolute Gasteiger partial charge is 0.133 e. The quantitative estimate of drug-likeness (QED) is 0.840. The van der Waals surface area contributed by atoms with E-state index >= 15 is 0 Å². The second kappa shape index (κ2) is 5.43. The Kier molecular flexibility index (Phi) is 3.93. The predicted molar refractivity (Wildman–Crippen MR) is 64.1 cm³/mol. The molecule has 1 aromatic heterocycles. The summed E-state index contributed by atoms with van der Waals surface area (Å²) < 4.78 is 1.99. The minimum absolute atomic E-state index is 0.719. The summed E-state index contributed by atoms with van der Waals surface area (Å²) in [6.45, 7) is 3.38. The van der Waals surface area contributed by atoms with Crippen LogP contribution in [0.3, 0.4) is 0 Å². The minimum atomic E-state index is 0.719. The van der Waals surface area contributed by atoms with E-state index in [0.29, 0.717) is 0 Å². The van der Waals surface area contributed by atoms with Crippen LogP contribution < -0.4 is 5.32 Å². The summed E-state index contributed by atoms with van der Waals surface area (Å²) in [6, 6.07) is 0.719. The Labute approximate surface area is 97.5 Å². The van der Waals surface area contributed by atoms with E-state index in [9.17, 15) is 0 Å². The molecule has 2 atom stereocenters. The summed E-state index contributed by atoms with van der Waals surface area (Å²) in [5.41, 5.74) is 0. The maximum Gasteiger partial charge on any atom is 0.133 e. The third-order valence-corrected chi connectivity index (χ3v) is 3.52. The molecule has 0 spiro atoms. The van der Waals surface area contributed by atoms with E-state index in [-0.39, 0.29) is 0 Å². The fourth-order valence-electron chi connectivity index (χ4n) is 2.54. The molecule has 90 valence electrons. The van der Waals surface area contributed by atoms with Crippen molar-refractivity contribution in [1.29, 1.82) is 0 Å². The molecule has 1 aliphatic carbocycles. The Morgan fingerprint density at radius 1 is 1.50 bits per heavy atom. The van der Waals surface area contributed by atoms with Gasteiger partial charge >= 0.3 is 0 Å². The number of aromatic nitrogens is 3. The molecule has 1 heterocycles. The van der Waals surface area contributed by atoms with Crippen LogP contribution in [0.1, 0.15) is 38.4 Å². The van der Waals surface area contributed by atoms with Gasteiger partial charge < -0.3 is 9.88 Å². The molecule has 1 N–H and O–H groups in total. The van der Waals surface area contributed by atoms with Gasteiger partial charge in [-0.05, 0) is 18.8 Å².